The lowest BCUT2D eigenvalue weighted by Gasteiger charge is -2.02. The van der Waals surface area contributed by atoms with Gasteiger partial charge in [0.25, 0.3) is 0 Å². The summed E-state index contributed by atoms with van der Waals surface area (Å²) in [6, 6.07) is 6.08. The Balaban J connectivity index is 1.94. The summed E-state index contributed by atoms with van der Waals surface area (Å²) in [6.07, 6.45) is 2.47. The van der Waals surface area contributed by atoms with Crippen LogP contribution in [0.1, 0.15) is 5.82 Å². The Morgan fingerprint density at radius 2 is 2.26 bits per heavy atom. The molecule has 1 aromatic carbocycles. The van der Waals surface area contributed by atoms with Gasteiger partial charge in [-0.15, -0.1) is 0 Å². The summed E-state index contributed by atoms with van der Waals surface area (Å²) >= 11 is 8.85. The first-order chi connectivity index (χ1) is 9.13. The van der Waals surface area contributed by atoms with Crippen molar-refractivity contribution >= 4 is 39.2 Å². The van der Waals surface area contributed by atoms with Gasteiger partial charge >= 0.3 is 0 Å². The molecule has 1 N–H and O–H groups in total. The third-order valence-corrected chi connectivity index (χ3v) is 3.76. The zero-order valence-corrected chi connectivity index (χ0v) is 12.7. The Labute approximate surface area is 123 Å². The van der Waals surface area contributed by atoms with E-state index < -0.39 is 0 Å². The van der Waals surface area contributed by atoms with Crippen molar-refractivity contribution in [3.8, 4) is 0 Å². The van der Waals surface area contributed by atoms with Crippen LogP contribution in [0.4, 0.5) is 0 Å². The first-order valence-corrected chi connectivity index (χ1v) is 7.06. The van der Waals surface area contributed by atoms with E-state index >= 15 is 0 Å². The molecule has 19 heavy (non-hydrogen) atoms. The van der Waals surface area contributed by atoms with E-state index in [1.54, 1.807) is 11.0 Å². The number of nitrogens with one attached hydrogen (secondary N) is 1. The molecule has 2 aromatic heterocycles. The van der Waals surface area contributed by atoms with Crippen molar-refractivity contribution in [3.05, 3.63) is 39.6 Å². The Hall–Kier alpha value is -1.47. The maximum atomic E-state index is 5.36. The van der Waals surface area contributed by atoms with Crippen LogP contribution >= 0.6 is 28.1 Å². The number of imidazole rings is 1. The molecule has 0 amide bonds. The van der Waals surface area contributed by atoms with Crippen LogP contribution in [0.15, 0.2) is 29.0 Å². The molecule has 98 valence electrons. The zero-order chi connectivity index (χ0) is 13.4. The van der Waals surface area contributed by atoms with E-state index in [2.05, 4.69) is 41.6 Å². The number of benzene rings is 1. The summed E-state index contributed by atoms with van der Waals surface area (Å²) in [5.41, 5.74) is 2.14. The largest absolute Gasteiger partial charge is 0.331 e. The number of aromatic amines is 1. The number of H-pyrrole nitrogens is 1. The predicted octanol–water partition coefficient (Wildman–Crippen LogP) is 2.83. The van der Waals surface area contributed by atoms with Crippen molar-refractivity contribution in [1.29, 1.82) is 0 Å². The van der Waals surface area contributed by atoms with Crippen LogP contribution in [0.3, 0.4) is 0 Å². The van der Waals surface area contributed by atoms with Gasteiger partial charge in [0.2, 0.25) is 0 Å². The molecule has 0 saturated heterocycles. The second kappa shape index (κ2) is 4.90. The van der Waals surface area contributed by atoms with Gasteiger partial charge < -0.3 is 9.55 Å². The number of aromatic nitrogens is 5. The van der Waals surface area contributed by atoms with Crippen molar-refractivity contribution in [2.45, 2.75) is 13.0 Å². The van der Waals surface area contributed by atoms with E-state index in [9.17, 15) is 0 Å². The molecule has 0 bridgehead atoms. The summed E-state index contributed by atoms with van der Waals surface area (Å²) in [5, 5.41) is 4.28. The highest BCUT2D eigenvalue weighted by molar-refractivity contribution is 9.10. The standard InChI is InChI=1S/C12H12BrN5S/c1-17-7-14-11(16-17)4-5-18-10-6-8(13)2-3-9(10)15-12(18)19/h2-3,6-7H,4-5H2,1H3,(H,15,19). The Bertz CT molecular complexity index is 785. The van der Waals surface area contributed by atoms with Crippen molar-refractivity contribution in [2.75, 3.05) is 0 Å². The monoisotopic (exact) mass is 337 g/mol. The van der Waals surface area contributed by atoms with Crippen LogP contribution < -0.4 is 0 Å². The summed E-state index contributed by atoms with van der Waals surface area (Å²) in [5.74, 6) is 0.828. The van der Waals surface area contributed by atoms with E-state index in [1.807, 2.05) is 19.2 Å². The maximum absolute atomic E-state index is 5.36. The van der Waals surface area contributed by atoms with Crippen LogP contribution in [-0.2, 0) is 20.0 Å². The molecule has 0 aliphatic rings. The zero-order valence-electron chi connectivity index (χ0n) is 10.3. The van der Waals surface area contributed by atoms with Crippen molar-refractivity contribution in [3.63, 3.8) is 0 Å². The van der Waals surface area contributed by atoms with Crippen LogP contribution in [0.2, 0.25) is 0 Å². The second-order valence-corrected chi connectivity index (χ2v) is 5.63. The molecule has 0 radical (unpaired) electrons. The number of aryl methyl sites for hydroxylation is 3. The number of halogens is 1. The molecule has 0 saturated carbocycles. The third kappa shape index (κ3) is 2.48. The lowest BCUT2D eigenvalue weighted by atomic mass is 10.3. The molecule has 2 heterocycles. The van der Waals surface area contributed by atoms with Gasteiger partial charge in [0.05, 0.1) is 11.0 Å². The fraction of sp³-hybridized carbons (Fsp3) is 0.250. The topological polar surface area (TPSA) is 51.4 Å². The molecular formula is C12H12BrN5S. The second-order valence-electron chi connectivity index (χ2n) is 4.33. The van der Waals surface area contributed by atoms with Gasteiger partial charge in [0.15, 0.2) is 10.6 Å². The summed E-state index contributed by atoms with van der Waals surface area (Å²) in [4.78, 5) is 7.43. The molecule has 0 aliphatic carbocycles. The fourth-order valence-electron chi connectivity index (χ4n) is 2.06. The van der Waals surface area contributed by atoms with Gasteiger partial charge in [0.1, 0.15) is 6.33 Å². The summed E-state index contributed by atoms with van der Waals surface area (Å²) in [7, 11) is 1.87. The minimum atomic E-state index is 0.726. The third-order valence-electron chi connectivity index (χ3n) is 2.94. The van der Waals surface area contributed by atoms with E-state index in [0.29, 0.717) is 0 Å². The molecule has 5 nitrogen and oxygen atoms in total. The van der Waals surface area contributed by atoms with Gasteiger partial charge in [0, 0.05) is 24.5 Å². The first-order valence-electron chi connectivity index (χ1n) is 5.86. The van der Waals surface area contributed by atoms with Crippen LogP contribution in [0, 0.1) is 4.77 Å². The molecule has 0 unspecified atom stereocenters. The number of hydrogen-bond acceptors (Lipinski definition) is 3. The quantitative estimate of drug-likeness (QED) is 0.747. The van der Waals surface area contributed by atoms with Gasteiger partial charge in [-0.1, -0.05) is 15.9 Å². The van der Waals surface area contributed by atoms with Gasteiger partial charge in [-0.05, 0) is 30.4 Å². The lowest BCUT2D eigenvalue weighted by Crippen LogP contribution is -2.03. The van der Waals surface area contributed by atoms with Crippen LogP contribution in [0.25, 0.3) is 11.0 Å². The highest BCUT2D eigenvalue weighted by atomic mass is 79.9. The molecule has 0 atom stereocenters. The Kier molecular flexibility index (Phi) is 3.24. The van der Waals surface area contributed by atoms with Gasteiger partial charge in [-0.2, -0.15) is 5.10 Å². The van der Waals surface area contributed by atoms with Crippen LogP contribution in [0.5, 0.6) is 0 Å². The molecule has 0 aliphatic heterocycles. The molecule has 7 heteroatoms. The minimum Gasteiger partial charge on any atom is -0.331 e. The van der Waals surface area contributed by atoms with Crippen molar-refractivity contribution in [1.82, 2.24) is 24.3 Å². The van der Waals surface area contributed by atoms with Gasteiger partial charge in [-0.25, -0.2) is 4.98 Å². The number of nitrogens with zero attached hydrogens (tertiary/aromatic N) is 4. The van der Waals surface area contributed by atoms with E-state index in [-0.39, 0.29) is 0 Å². The molecule has 0 spiro atoms. The van der Waals surface area contributed by atoms with Crippen molar-refractivity contribution < 1.29 is 0 Å². The fourth-order valence-corrected chi connectivity index (χ4v) is 2.71. The lowest BCUT2D eigenvalue weighted by molar-refractivity contribution is 0.666. The molecule has 3 aromatic rings. The molecular weight excluding hydrogens is 326 g/mol. The Morgan fingerprint density at radius 3 is 3.00 bits per heavy atom. The summed E-state index contributed by atoms with van der Waals surface area (Å²) in [6.45, 7) is 0.763. The average Bonchev–Trinajstić information content (AvgIpc) is 2.90. The smallest absolute Gasteiger partial charge is 0.178 e. The van der Waals surface area contributed by atoms with Crippen LogP contribution in [-0.4, -0.2) is 24.3 Å². The molecule has 3 rings (SSSR count). The normalized spacial score (nSPS) is 11.3. The maximum Gasteiger partial charge on any atom is 0.178 e. The highest BCUT2D eigenvalue weighted by Crippen LogP contribution is 2.19. The summed E-state index contributed by atoms with van der Waals surface area (Å²) < 4.78 is 5.55. The average molecular weight is 338 g/mol. The Morgan fingerprint density at radius 1 is 1.42 bits per heavy atom. The minimum absolute atomic E-state index is 0.726. The van der Waals surface area contributed by atoms with E-state index in [4.69, 9.17) is 12.2 Å². The SMILES string of the molecule is Cn1cnc(CCn2c(=S)[nH]c3ccc(Br)cc32)n1. The van der Waals surface area contributed by atoms with E-state index in [1.165, 1.54) is 0 Å². The van der Waals surface area contributed by atoms with Gasteiger partial charge in [-0.3, -0.25) is 4.68 Å². The molecule has 0 fully saturated rings. The number of hydrogen-bond donors (Lipinski definition) is 1. The number of fused-ring (bicyclic) bond motifs is 1. The predicted molar refractivity (Wildman–Crippen MR) is 79.5 cm³/mol. The number of rotatable bonds is 3. The van der Waals surface area contributed by atoms with Crippen molar-refractivity contribution in [2.24, 2.45) is 7.05 Å². The first kappa shape index (κ1) is 12.6. The highest BCUT2D eigenvalue weighted by Gasteiger charge is 2.06. The van der Waals surface area contributed by atoms with E-state index in [0.717, 1.165) is 39.1 Å².